The monoisotopic (exact) mass is 495 g/mol. The third-order valence-corrected chi connectivity index (χ3v) is 8.95. The third-order valence-electron chi connectivity index (χ3n) is 8.95. The molecule has 2 unspecified atom stereocenters. The van der Waals surface area contributed by atoms with Gasteiger partial charge in [-0.3, -0.25) is 0 Å². The van der Waals surface area contributed by atoms with Crippen LogP contribution in [0.4, 0.5) is 0 Å². The lowest BCUT2D eigenvalue weighted by Gasteiger charge is -2.45. The molecule has 0 amide bonds. The molecule has 0 saturated heterocycles. The Kier molecular flexibility index (Phi) is 25.6. The van der Waals surface area contributed by atoms with Crippen molar-refractivity contribution in [3.63, 3.8) is 0 Å². The first-order chi connectivity index (χ1) is 17.0. The zero-order chi connectivity index (χ0) is 26.0. The molecule has 0 fully saturated rings. The second-order valence-corrected chi connectivity index (χ2v) is 12.5. The van der Waals surface area contributed by atoms with Gasteiger partial charge in [-0.05, 0) is 51.4 Å². The molecule has 0 saturated carbocycles. The van der Waals surface area contributed by atoms with Crippen LogP contribution in [0.3, 0.4) is 0 Å². The van der Waals surface area contributed by atoms with Crippen molar-refractivity contribution in [2.24, 2.45) is 0 Å². The van der Waals surface area contributed by atoms with Crippen LogP contribution in [0.15, 0.2) is 0 Å². The van der Waals surface area contributed by atoms with Gasteiger partial charge >= 0.3 is 0 Å². The van der Waals surface area contributed by atoms with Gasteiger partial charge in [0.1, 0.15) is 0 Å². The maximum Gasteiger partial charge on any atom is 0.0888 e. The lowest BCUT2D eigenvalue weighted by Crippen LogP contribution is -2.55. The summed E-state index contributed by atoms with van der Waals surface area (Å²) in [5, 5.41) is 0. The quantitative estimate of drug-likeness (QED) is 0.0749. The van der Waals surface area contributed by atoms with Gasteiger partial charge < -0.3 is 4.48 Å². The van der Waals surface area contributed by atoms with E-state index in [4.69, 9.17) is 0 Å². The van der Waals surface area contributed by atoms with Gasteiger partial charge in [0, 0.05) is 0 Å². The fourth-order valence-corrected chi connectivity index (χ4v) is 6.21. The van der Waals surface area contributed by atoms with E-state index < -0.39 is 0 Å². The molecule has 0 N–H and O–H groups in total. The van der Waals surface area contributed by atoms with Gasteiger partial charge in [0.05, 0.1) is 26.2 Å². The first kappa shape index (κ1) is 35.0. The minimum absolute atomic E-state index is 0.878. The van der Waals surface area contributed by atoms with Crippen molar-refractivity contribution in [3.8, 4) is 0 Å². The Morgan fingerprint density at radius 2 is 0.514 bits per heavy atom. The molecule has 1 heteroatoms. The molecule has 0 aliphatic carbocycles. The molecule has 0 aromatic heterocycles. The molecule has 0 bridgehead atoms. The second-order valence-electron chi connectivity index (χ2n) is 12.5. The van der Waals surface area contributed by atoms with Crippen molar-refractivity contribution in [1.82, 2.24) is 0 Å². The van der Waals surface area contributed by atoms with Gasteiger partial charge in [-0.2, -0.15) is 0 Å². The fraction of sp³-hybridized carbons (Fsp3) is 1.00. The molecular weight excluding hydrogens is 422 g/mol. The van der Waals surface area contributed by atoms with E-state index in [9.17, 15) is 0 Å². The van der Waals surface area contributed by atoms with Crippen LogP contribution in [0, 0.1) is 0 Å². The summed E-state index contributed by atoms with van der Waals surface area (Å²) in [6, 6.07) is 1.76. The van der Waals surface area contributed by atoms with Gasteiger partial charge in [-0.1, -0.05) is 143 Å². The number of quaternary nitrogens is 1. The van der Waals surface area contributed by atoms with Gasteiger partial charge in [0.2, 0.25) is 0 Å². The van der Waals surface area contributed by atoms with Crippen molar-refractivity contribution in [3.05, 3.63) is 0 Å². The van der Waals surface area contributed by atoms with Crippen LogP contribution in [0.2, 0.25) is 0 Å². The van der Waals surface area contributed by atoms with E-state index in [0.29, 0.717) is 0 Å². The smallest absolute Gasteiger partial charge is 0.0888 e. The van der Waals surface area contributed by atoms with Crippen LogP contribution in [-0.4, -0.2) is 30.7 Å². The normalized spacial score (nSPS) is 13.9. The first-order valence-electron chi connectivity index (χ1n) is 16.9. The van der Waals surface area contributed by atoms with Crippen molar-refractivity contribution < 1.29 is 4.48 Å². The summed E-state index contributed by atoms with van der Waals surface area (Å²) in [6.07, 6.45) is 37.5. The van der Waals surface area contributed by atoms with Crippen molar-refractivity contribution >= 4 is 0 Å². The minimum atomic E-state index is 0.878. The van der Waals surface area contributed by atoms with Crippen LogP contribution < -0.4 is 0 Å². The molecule has 35 heavy (non-hydrogen) atoms. The molecule has 0 radical (unpaired) electrons. The van der Waals surface area contributed by atoms with Crippen LogP contribution >= 0.6 is 0 Å². The maximum absolute atomic E-state index is 2.64. The summed E-state index contributed by atoms with van der Waals surface area (Å²) < 4.78 is 1.31. The van der Waals surface area contributed by atoms with Crippen molar-refractivity contribution in [1.29, 1.82) is 0 Å². The summed E-state index contributed by atoms with van der Waals surface area (Å²) >= 11 is 0. The Morgan fingerprint density at radius 1 is 0.314 bits per heavy atom. The Hall–Kier alpha value is -0.0400. The summed E-state index contributed by atoms with van der Waals surface area (Å²) in [4.78, 5) is 0. The van der Waals surface area contributed by atoms with Crippen LogP contribution in [0.5, 0.6) is 0 Å². The molecule has 0 aliphatic rings. The standard InChI is InChI=1S/C34H72N/c1-7-11-15-19-21-23-27-31-33(29-25-17-13-9-3)35(5,6)34(30-26-18-14-10-4)32-28-24-22-20-16-12-8-2/h33-34H,7-32H2,1-6H3/q+1. The molecule has 212 valence electrons. The Bertz CT molecular complexity index is 365. The topological polar surface area (TPSA) is 0 Å². The van der Waals surface area contributed by atoms with Crippen molar-refractivity contribution in [2.75, 3.05) is 14.1 Å². The molecule has 0 aromatic carbocycles. The molecule has 2 atom stereocenters. The highest BCUT2D eigenvalue weighted by atomic mass is 15.4. The van der Waals surface area contributed by atoms with E-state index in [1.54, 1.807) is 0 Å². The average molecular weight is 495 g/mol. The number of hydrogen-bond acceptors (Lipinski definition) is 0. The average Bonchev–Trinajstić information content (AvgIpc) is 2.85. The third kappa shape index (κ3) is 19.7. The highest BCUT2D eigenvalue weighted by Crippen LogP contribution is 2.30. The SMILES string of the molecule is CCCCCCCCCC(CCCCCC)[N+](C)(C)C(CCCCCC)CCCCCCCCC. The molecule has 0 rings (SSSR count). The number of nitrogens with zero attached hydrogens (tertiary/aromatic N) is 1. The van der Waals surface area contributed by atoms with E-state index >= 15 is 0 Å². The molecule has 0 spiro atoms. The molecular formula is C34H72N+. The predicted octanol–water partition coefficient (Wildman–Crippen LogP) is 12.0. The van der Waals surface area contributed by atoms with Gasteiger partial charge in [-0.25, -0.2) is 0 Å². The maximum atomic E-state index is 2.64. The minimum Gasteiger partial charge on any atom is -0.324 e. The molecule has 0 aromatic rings. The van der Waals surface area contributed by atoms with Crippen LogP contribution in [0.1, 0.15) is 195 Å². The van der Waals surface area contributed by atoms with E-state index in [0.717, 1.165) is 12.1 Å². The molecule has 1 nitrogen and oxygen atoms in total. The van der Waals surface area contributed by atoms with E-state index in [1.165, 1.54) is 171 Å². The second kappa shape index (κ2) is 25.6. The number of unbranched alkanes of at least 4 members (excludes halogenated alkanes) is 18. The first-order valence-corrected chi connectivity index (χ1v) is 16.9. The Labute approximate surface area is 225 Å². The summed E-state index contributed by atoms with van der Waals surface area (Å²) in [5.74, 6) is 0. The fourth-order valence-electron chi connectivity index (χ4n) is 6.21. The Balaban J connectivity index is 4.92. The summed E-state index contributed by atoms with van der Waals surface area (Å²) in [6.45, 7) is 9.36. The summed E-state index contributed by atoms with van der Waals surface area (Å²) in [7, 11) is 5.27. The lowest BCUT2D eigenvalue weighted by atomic mass is 9.92. The zero-order valence-electron chi connectivity index (χ0n) is 26.0. The Morgan fingerprint density at radius 3 is 0.771 bits per heavy atom. The van der Waals surface area contributed by atoms with E-state index in [1.807, 2.05) is 0 Å². The van der Waals surface area contributed by atoms with E-state index in [-0.39, 0.29) is 0 Å². The summed E-state index contributed by atoms with van der Waals surface area (Å²) in [5.41, 5.74) is 0. The van der Waals surface area contributed by atoms with E-state index in [2.05, 4.69) is 41.8 Å². The largest absolute Gasteiger partial charge is 0.324 e. The van der Waals surface area contributed by atoms with Crippen molar-refractivity contribution in [2.45, 2.75) is 207 Å². The number of hydrogen-bond donors (Lipinski definition) is 0. The van der Waals surface area contributed by atoms with Gasteiger partial charge in [0.15, 0.2) is 0 Å². The van der Waals surface area contributed by atoms with Crippen LogP contribution in [-0.2, 0) is 0 Å². The molecule has 0 aliphatic heterocycles. The highest BCUT2D eigenvalue weighted by Gasteiger charge is 2.34. The number of rotatable bonds is 28. The highest BCUT2D eigenvalue weighted by molar-refractivity contribution is 4.68. The molecule has 0 heterocycles. The zero-order valence-corrected chi connectivity index (χ0v) is 26.0. The van der Waals surface area contributed by atoms with Gasteiger partial charge in [-0.15, -0.1) is 0 Å². The van der Waals surface area contributed by atoms with Gasteiger partial charge in [0.25, 0.3) is 0 Å². The predicted molar refractivity (Wildman–Crippen MR) is 162 cm³/mol. The van der Waals surface area contributed by atoms with Crippen LogP contribution in [0.25, 0.3) is 0 Å². The lowest BCUT2D eigenvalue weighted by molar-refractivity contribution is -0.940.